The Morgan fingerprint density at radius 1 is 1.10 bits per heavy atom. The van der Waals surface area contributed by atoms with Gasteiger partial charge in [-0.3, -0.25) is 0 Å². The molecule has 0 bridgehead atoms. The third-order valence-corrected chi connectivity index (χ3v) is 2.63. The third-order valence-electron chi connectivity index (χ3n) is 2.63. The summed E-state index contributed by atoms with van der Waals surface area (Å²) in [4.78, 5) is 0. The van der Waals surface area contributed by atoms with Crippen LogP contribution in [0.4, 0.5) is 13.2 Å². The molecule has 0 radical (unpaired) electrons. The van der Waals surface area contributed by atoms with Crippen molar-refractivity contribution in [2.24, 2.45) is 5.92 Å². The van der Waals surface area contributed by atoms with Gasteiger partial charge in [-0.15, -0.1) is 6.58 Å². The molecule has 1 atom stereocenters. The minimum Gasteiger partial charge on any atom is -0.376 e. The fourth-order valence-corrected chi connectivity index (χ4v) is 1.44. The number of hydrogen-bond donors (Lipinski definition) is 0. The van der Waals surface area contributed by atoms with Crippen molar-refractivity contribution in [3.8, 4) is 0 Å². The first-order valence-electron chi connectivity index (χ1n) is 7.37. The Bertz CT molecular complexity index is 229. The molecule has 0 spiro atoms. The Hall–Kier alpha value is -0.510. The summed E-state index contributed by atoms with van der Waals surface area (Å²) in [6.45, 7) is 14.3. The Labute approximate surface area is 122 Å². The largest absolute Gasteiger partial charge is 0.388 e. The molecule has 0 aliphatic heterocycles. The van der Waals surface area contributed by atoms with E-state index in [0.717, 1.165) is 20.0 Å². The minimum absolute atomic E-state index is 0.000169. The van der Waals surface area contributed by atoms with Gasteiger partial charge in [-0.25, -0.2) is 0 Å². The lowest BCUT2D eigenvalue weighted by atomic mass is 9.98. The maximum atomic E-state index is 10.8. The van der Waals surface area contributed by atoms with Gasteiger partial charge in [-0.2, -0.15) is 13.2 Å². The summed E-state index contributed by atoms with van der Waals surface area (Å²) in [5.74, 6) is 0.706. The van der Waals surface area contributed by atoms with Crippen LogP contribution in [0.1, 0.15) is 66.7 Å². The number of alkyl halides is 3. The van der Waals surface area contributed by atoms with E-state index in [4.69, 9.17) is 4.74 Å². The minimum atomic E-state index is -3.96. The molecule has 20 heavy (non-hydrogen) atoms. The predicted octanol–water partition coefficient (Wildman–Crippen LogP) is 6.14. The SMILES string of the molecule is C=CCCC(CCC)COC(C)(C)C.CCC(F)(F)F. The third kappa shape index (κ3) is 19.8. The molecule has 0 saturated carbocycles. The number of rotatable bonds is 7. The van der Waals surface area contributed by atoms with Crippen LogP contribution in [0.2, 0.25) is 0 Å². The van der Waals surface area contributed by atoms with Crippen molar-refractivity contribution in [3.05, 3.63) is 12.7 Å². The van der Waals surface area contributed by atoms with Crippen molar-refractivity contribution in [1.82, 2.24) is 0 Å². The summed E-state index contributed by atoms with van der Waals surface area (Å²) in [5.41, 5.74) is 0.000169. The van der Waals surface area contributed by atoms with Crippen LogP contribution in [0.15, 0.2) is 12.7 Å². The van der Waals surface area contributed by atoms with E-state index < -0.39 is 12.6 Å². The fourth-order valence-electron chi connectivity index (χ4n) is 1.44. The lowest BCUT2D eigenvalue weighted by molar-refractivity contribution is -0.130. The van der Waals surface area contributed by atoms with E-state index in [9.17, 15) is 13.2 Å². The molecular formula is C16H31F3O. The molecule has 1 nitrogen and oxygen atoms in total. The van der Waals surface area contributed by atoms with Gasteiger partial charge in [-0.05, 0) is 46.0 Å². The van der Waals surface area contributed by atoms with Gasteiger partial charge >= 0.3 is 6.18 Å². The highest BCUT2D eigenvalue weighted by Crippen LogP contribution is 2.18. The van der Waals surface area contributed by atoms with Crippen LogP contribution in [-0.4, -0.2) is 18.4 Å². The normalized spacial score (nSPS) is 13.4. The lowest BCUT2D eigenvalue weighted by Crippen LogP contribution is -2.23. The van der Waals surface area contributed by atoms with Crippen LogP contribution in [-0.2, 0) is 4.74 Å². The zero-order chi connectivity index (χ0) is 16.2. The highest BCUT2D eigenvalue weighted by atomic mass is 19.4. The second-order valence-corrected chi connectivity index (χ2v) is 5.91. The number of allylic oxidation sites excluding steroid dienone is 1. The first-order valence-corrected chi connectivity index (χ1v) is 7.37. The first-order chi connectivity index (χ1) is 9.05. The van der Waals surface area contributed by atoms with Gasteiger partial charge in [0.05, 0.1) is 12.2 Å². The van der Waals surface area contributed by atoms with Crippen molar-refractivity contribution in [2.75, 3.05) is 6.61 Å². The van der Waals surface area contributed by atoms with Gasteiger partial charge in [0.2, 0.25) is 0 Å². The van der Waals surface area contributed by atoms with Gasteiger partial charge in [0.15, 0.2) is 0 Å². The Balaban J connectivity index is 0. The van der Waals surface area contributed by atoms with Gasteiger partial charge < -0.3 is 4.74 Å². The van der Waals surface area contributed by atoms with E-state index in [1.807, 2.05) is 6.08 Å². The zero-order valence-corrected chi connectivity index (χ0v) is 13.6. The van der Waals surface area contributed by atoms with Gasteiger partial charge in [0, 0.05) is 6.42 Å². The van der Waals surface area contributed by atoms with Crippen molar-refractivity contribution in [2.45, 2.75) is 78.5 Å². The summed E-state index contributed by atoms with van der Waals surface area (Å²) < 4.78 is 38.2. The zero-order valence-electron chi connectivity index (χ0n) is 13.6. The van der Waals surface area contributed by atoms with Crippen LogP contribution in [0.25, 0.3) is 0 Å². The van der Waals surface area contributed by atoms with Crippen molar-refractivity contribution >= 4 is 0 Å². The van der Waals surface area contributed by atoms with E-state index >= 15 is 0 Å². The van der Waals surface area contributed by atoms with Crippen LogP contribution in [0, 0.1) is 5.92 Å². The van der Waals surface area contributed by atoms with Gasteiger partial charge in [-0.1, -0.05) is 26.3 Å². The predicted molar refractivity (Wildman–Crippen MR) is 79.9 cm³/mol. The summed E-state index contributed by atoms with van der Waals surface area (Å²) in [7, 11) is 0. The van der Waals surface area contributed by atoms with E-state index in [1.54, 1.807) is 0 Å². The molecule has 4 heteroatoms. The quantitative estimate of drug-likeness (QED) is 0.512. The van der Waals surface area contributed by atoms with Crippen LogP contribution < -0.4 is 0 Å². The Morgan fingerprint density at radius 3 is 1.90 bits per heavy atom. The van der Waals surface area contributed by atoms with Crippen molar-refractivity contribution < 1.29 is 17.9 Å². The van der Waals surface area contributed by atoms with Crippen molar-refractivity contribution in [1.29, 1.82) is 0 Å². The monoisotopic (exact) mass is 296 g/mol. The van der Waals surface area contributed by atoms with Gasteiger partial charge in [0.1, 0.15) is 0 Å². The second-order valence-electron chi connectivity index (χ2n) is 5.91. The molecule has 0 aliphatic rings. The molecule has 0 aromatic heterocycles. The molecule has 0 aromatic carbocycles. The average Bonchev–Trinajstić information content (AvgIpc) is 2.31. The number of hydrogen-bond acceptors (Lipinski definition) is 1. The molecule has 0 aromatic rings. The molecule has 1 unspecified atom stereocenters. The Kier molecular flexibility index (Phi) is 12.2. The molecule has 0 aliphatic carbocycles. The topological polar surface area (TPSA) is 9.23 Å². The van der Waals surface area contributed by atoms with E-state index in [-0.39, 0.29) is 5.60 Å². The smallest absolute Gasteiger partial charge is 0.376 e. The van der Waals surface area contributed by atoms with Crippen LogP contribution in [0.5, 0.6) is 0 Å². The maximum Gasteiger partial charge on any atom is 0.388 e. The van der Waals surface area contributed by atoms with Gasteiger partial charge in [0.25, 0.3) is 0 Å². The van der Waals surface area contributed by atoms with E-state index in [0.29, 0.717) is 5.92 Å². The highest BCUT2D eigenvalue weighted by molar-refractivity contribution is 4.70. The number of ether oxygens (including phenoxy) is 1. The Morgan fingerprint density at radius 2 is 1.60 bits per heavy atom. The molecule has 0 amide bonds. The van der Waals surface area contributed by atoms with E-state index in [1.165, 1.54) is 19.3 Å². The molecule has 0 rings (SSSR count). The average molecular weight is 296 g/mol. The second kappa shape index (κ2) is 11.2. The first kappa shape index (κ1) is 21.8. The molecule has 0 fully saturated rings. The van der Waals surface area contributed by atoms with E-state index in [2.05, 4.69) is 34.3 Å². The number of halogens is 3. The van der Waals surface area contributed by atoms with Crippen LogP contribution in [0.3, 0.4) is 0 Å². The molecule has 0 heterocycles. The standard InChI is InChI=1S/C13H26O.C3H5F3/c1-6-8-10-12(9-7-2)11-14-13(3,4)5;1-2-3(4,5)6/h6,12H,1,7-11H2,2-5H3;2H2,1H3. The summed E-state index contributed by atoms with van der Waals surface area (Å²) in [6, 6.07) is 0. The lowest BCUT2D eigenvalue weighted by Gasteiger charge is -2.24. The highest BCUT2D eigenvalue weighted by Gasteiger charge is 2.22. The molecule has 0 saturated heterocycles. The maximum absolute atomic E-state index is 10.8. The van der Waals surface area contributed by atoms with Crippen molar-refractivity contribution in [3.63, 3.8) is 0 Å². The van der Waals surface area contributed by atoms with Crippen LogP contribution >= 0.6 is 0 Å². The molecular weight excluding hydrogens is 265 g/mol. The molecule has 122 valence electrons. The molecule has 0 N–H and O–H groups in total. The summed E-state index contributed by atoms with van der Waals surface area (Å²) in [6.07, 6.45) is 2.15. The fraction of sp³-hybridized carbons (Fsp3) is 0.875. The summed E-state index contributed by atoms with van der Waals surface area (Å²) in [5, 5.41) is 0. The summed E-state index contributed by atoms with van der Waals surface area (Å²) >= 11 is 0.